The Morgan fingerprint density at radius 2 is 2.40 bits per heavy atom. The van der Waals surface area contributed by atoms with Crippen LogP contribution in [0.25, 0.3) is 0 Å². The molecule has 1 aliphatic heterocycles. The molecule has 0 saturated heterocycles. The molecule has 5 nitrogen and oxygen atoms in total. The van der Waals surface area contributed by atoms with Gasteiger partial charge in [0.25, 0.3) is 5.91 Å². The van der Waals surface area contributed by atoms with Gasteiger partial charge in [0, 0.05) is 18.4 Å². The van der Waals surface area contributed by atoms with Crippen molar-refractivity contribution in [2.45, 2.75) is 6.10 Å². The van der Waals surface area contributed by atoms with Crippen molar-refractivity contribution >= 4 is 5.91 Å². The predicted octanol–water partition coefficient (Wildman–Crippen LogP) is -0.987. The van der Waals surface area contributed by atoms with E-state index in [-0.39, 0.29) is 19.1 Å². The van der Waals surface area contributed by atoms with Crippen molar-refractivity contribution in [3.63, 3.8) is 0 Å². The van der Waals surface area contributed by atoms with Crippen LogP contribution in [0.5, 0.6) is 0 Å². The van der Waals surface area contributed by atoms with Gasteiger partial charge in [-0.05, 0) is 12.2 Å². The molecule has 1 aliphatic rings. The third-order valence-electron chi connectivity index (χ3n) is 1.90. The Balaban J connectivity index is 2.50. The molecule has 0 aromatic rings. The van der Waals surface area contributed by atoms with E-state index in [0.717, 1.165) is 0 Å². The molecule has 82 valence electrons. The summed E-state index contributed by atoms with van der Waals surface area (Å²) in [5, 5.41) is 22.9. The third-order valence-corrected chi connectivity index (χ3v) is 1.90. The van der Waals surface area contributed by atoms with Crippen molar-refractivity contribution in [3.8, 4) is 0 Å². The Bertz CT molecular complexity index is 321. The van der Waals surface area contributed by atoms with E-state index in [1.165, 1.54) is 0 Å². The molecule has 0 spiro atoms. The first kappa shape index (κ1) is 11.5. The summed E-state index contributed by atoms with van der Waals surface area (Å²) in [4.78, 5) is 11.5. The van der Waals surface area contributed by atoms with Gasteiger partial charge in [0.1, 0.15) is 0 Å². The van der Waals surface area contributed by atoms with Crippen LogP contribution < -0.4 is 10.6 Å². The van der Waals surface area contributed by atoms with E-state index in [2.05, 4.69) is 17.2 Å². The first-order valence-corrected chi connectivity index (χ1v) is 4.55. The van der Waals surface area contributed by atoms with Crippen molar-refractivity contribution in [1.29, 1.82) is 0 Å². The van der Waals surface area contributed by atoms with Gasteiger partial charge in [-0.2, -0.15) is 0 Å². The highest BCUT2D eigenvalue weighted by Crippen LogP contribution is 2.08. The summed E-state index contributed by atoms with van der Waals surface area (Å²) in [6.45, 7) is 3.30. The number of carbonyl (C=O) groups is 1. The molecule has 4 N–H and O–H groups in total. The Morgan fingerprint density at radius 3 is 3.00 bits per heavy atom. The van der Waals surface area contributed by atoms with E-state index in [0.29, 0.717) is 11.3 Å². The molecule has 0 fully saturated rings. The van der Waals surface area contributed by atoms with Crippen LogP contribution in [0.15, 0.2) is 36.2 Å². The number of aliphatic hydroxyl groups excluding tert-OH is 2. The SMILES string of the molecule is C=C1NC=CC=C1C(=O)NCC(O)CO. The van der Waals surface area contributed by atoms with Crippen LogP contribution in [-0.4, -0.2) is 35.4 Å². The number of dihydropyridines is 1. The molecule has 1 unspecified atom stereocenters. The van der Waals surface area contributed by atoms with E-state index >= 15 is 0 Å². The lowest BCUT2D eigenvalue weighted by Crippen LogP contribution is -2.36. The fraction of sp³-hybridized carbons (Fsp3) is 0.300. The van der Waals surface area contributed by atoms with E-state index in [4.69, 9.17) is 10.2 Å². The molecule has 0 radical (unpaired) electrons. The number of aliphatic hydroxyl groups is 2. The third kappa shape index (κ3) is 3.23. The number of hydrogen-bond donors (Lipinski definition) is 4. The Morgan fingerprint density at radius 1 is 1.67 bits per heavy atom. The molecular formula is C10H14N2O3. The van der Waals surface area contributed by atoms with Crippen molar-refractivity contribution in [2.24, 2.45) is 0 Å². The smallest absolute Gasteiger partial charge is 0.253 e. The zero-order chi connectivity index (χ0) is 11.3. The number of carbonyl (C=O) groups excluding carboxylic acids is 1. The van der Waals surface area contributed by atoms with E-state index in [1.54, 1.807) is 18.4 Å². The van der Waals surface area contributed by atoms with Gasteiger partial charge in [0.15, 0.2) is 0 Å². The summed E-state index contributed by atoms with van der Waals surface area (Å²) < 4.78 is 0. The van der Waals surface area contributed by atoms with Crippen LogP contribution in [0.1, 0.15) is 0 Å². The second-order valence-corrected chi connectivity index (χ2v) is 3.11. The molecule has 1 rings (SSSR count). The minimum Gasteiger partial charge on any atom is -0.394 e. The van der Waals surface area contributed by atoms with Gasteiger partial charge >= 0.3 is 0 Å². The predicted molar refractivity (Wildman–Crippen MR) is 55.6 cm³/mol. The van der Waals surface area contributed by atoms with Crippen LogP contribution in [0.2, 0.25) is 0 Å². The summed E-state index contributed by atoms with van der Waals surface area (Å²) in [6.07, 6.45) is 4.04. The minimum absolute atomic E-state index is 0.0175. The normalized spacial score (nSPS) is 16.7. The highest BCUT2D eigenvalue weighted by atomic mass is 16.3. The van der Waals surface area contributed by atoms with Crippen molar-refractivity contribution in [3.05, 3.63) is 36.2 Å². The Kier molecular flexibility index (Phi) is 4.08. The van der Waals surface area contributed by atoms with Crippen LogP contribution >= 0.6 is 0 Å². The molecule has 0 aromatic heterocycles. The van der Waals surface area contributed by atoms with Gasteiger partial charge in [0.05, 0.1) is 18.3 Å². The molecule has 0 aliphatic carbocycles. The number of hydrogen-bond acceptors (Lipinski definition) is 4. The van der Waals surface area contributed by atoms with Crippen LogP contribution in [-0.2, 0) is 4.79 Å². The summed E-state index contributed by atoms with van der Waals surface area (Å²) in [6, 6.07) is 0. The summed E-state index contributed by atoms with van der Waals surface area (Å²) >= 11 is 0. The highest BCUT2D eigenvalue weighted by molar-refractivity contribution is 5.98. The molecule has 0 saturated carbocycles. The molecule has 0 bridgehead atoms. The lowest BCUT2D eigenvalue weighted by Gasteiger charge is -2.14. The molecule has 5 heteroatoms. The first-order chi connectivity index (χ1) is 7.15. The van der Waals surface area contributed by atoms with Gasteiger partial charge in [-0.3, -0.25) is 4.79 Å². The lowest BCUT2D eigenvalue weighted by molar-refractivity contribution is -0.117. The number of rotatable bonds is 4. The van der Waals surface area contributed by atoms with Gasteiger partial charge in [0.2, 0.25) is 0 Å². The van der Waals surface area contributed by atoms with E-state index in [9.17, 15) is 4.79 Å². The standard InChI is InChI=1S/C10H14N2O3/c1-7-9(3-2-4-11-7)10(15)12-5-8(14)6-13/h2-4,8,11,13-14H,1,5-6H2,(H,12,15). The zero-order valence-electron chi connectivity index (χ0n) is 8.23. The summed E-state index contributed by atoms with van der Waals surface area (Å²) in [7, 11) is 0. The van der Waals surface area contributed by atoms with Gasteiger partial charge in [-0.25, -0.2) is 0 Å². The average Bonchev–Trinajstić information content (AvgIpc) is 2.26. The van der Waals surface area contributed by atoms with Crippen LogP contribution in [0, 0.1) is 0 Å². The average molecular weight is 210 g/mol. The topological polar surface area (TPSA) is 81.6 Å². The quantitative estimate of drug-likeness (QED) is 0.480. The van der Waals surface area contributed by atoms with Gasteiger partial charge in [-0.1, -0.05) is 6.58 Å². The Hall–Kier alpha value is -1.59. The summed E-state index contributed by atoms with van der Waals surface area (Å²) in [5.74, 6) is -0.329. The maximum absolute atomic E-state index is 11.5. The van der Waals surface area contributed by atoms with Crippen molar-refractivity contribution in [1.82, 2.24) is 10.6 Å². The second kappa shape index (κ2) is 5.33. The van der Waals surface area contributed by atoms with Crippen LogP contribution in [0.3, 0.4) is 0 Å². The van der Waals surface area contributed by atoms with Gasteiger partial charge < -0.3 is 20.8 Å². The molecular weight excluding hydrogens is 196 g/mol. The first-order valence-electron chi connectivity index (χ1n) is 4.55. The lowest BCUT2D eigenvalue weighted by atomic mass is 10.1. The maximum atomic E-state index is 11.5. The molecule has 1 heterocycles. The maximum Gasteiger partial charge on any atom is 0.253 e. The molecule has 1 amide bonds. The number of allylic oxidation sites excluding steroid dienone is 2. The monoisotopic (exact) mass is 210 g/mol. The fourth-order valence-electron chi connectivity index (χ4n) is 1.05. The van der Waals surface area contributed by atoms with Crippen molar-refractivity contribution < 1.29 is 15.0 Å². The van der Waals surface area contributed by atoms with E-state index < -0.39 is 6.10 Å². The molecule has 15 heavy (non-hydrogen) atoms. The molecule has 1 atom stereocenters. The number of nitrogens with one attached hydrogen (secondary N) is 2. The highest BCUT2D eigenvalue weighted by Gasteiger charge is 2.14. The largest absolute Gasteiger partial charge is 0.394 e. The molecule has 0 aromatic carbocycles. The van der Waals surface area contributed by atoms with Crippen LogP contribution in [0.4, 0.5) is 0 Å². The van der Waals surface area contributed by atoms with E-state index in [1.807, 2.05) is 0 Å². The summed E-state index contributed by atoms with van der Waals surface area (Å²) in [5.41, 5.74) is 0.927. The Labute approximate surface area is 87.8 Å². The minimum atomic E-state index is -0.935. The second-order valence-electron chi connectivity index (χ2n) is 3.11. The fourth-order valence-corrected chi connectivity index (χ4v) is 1.05. The van der Waals surface area contributed by atoms with Gasteiger partial charge in [-0.15, -0.1) is 0 Å². The zero-order valence-corrected chi connectivity index (χ0v) is 8.23. The number of amides is 1. The van der Waals surface area contributed by atoms with Crippen molar-refractivity contribution in [2.75, 3.05) is 13.2 Å².